The summed E-state index contributed by atoms with van der Waals surface area (Å²) in [5.41, 5.74) is 1.19. The van der Waals surface area contributed by atoms with Gasteiger partial charge in [0.15, 0.2) is 0 Å². The predicted octanol–water partition coefficient (Wildman–Crippen LogP) is 4.43. The lowest BCUT2D eigenvalue weighted by atomic mass is 10.2. The molecule has 1 fully saturated rings. The van der Waals surface area contributed by atoms with E-state index in [2.05, 4.69) is 0 Å². The molecule has 2 aromatic rings. The number of carbonyl (C=O) groups is 1. The van der Waals surface area contributed by atoms with Crippen LogP contribution in [0.25, 0.3) is 0 Å². The van der Waals surface area contributed by atoms with Crippen LogP contribution in [-0.4, -0.2) is 31.8 Å². The van der Waals surface area contributed by atoms with E-state index in [1.807, 2.05) is 19.1 Å². The SMILES string of the molecule is Cc1ccc(OC(=O)c2ccc(Cl)c(S(=O)(=O)N3CCCCCC3)c2)cc1. The maximum Gasteiger partial charge on any atom is 0.343 e. The van der Waals surface area contributed by atoms with Gasteiger partial charge < -0.3 is 4.74 Å². The van der Waals surface area contributed by atoms with Gasteiger partial charge in [0.2, 0.25) is 10.0 Å². The lowest BCUT2D eigenvalue weighted by Gasteiger charge is -2.21. The third-order valence-electron chi connectivity index (χ3n) is 4.58. The van der Waals surface area contributed by atoms with Gasteiger partial charge in [0.05, 0.1) is 10.6 Å². The normalized spacial score (nSPS) is 15.9. The fourth-order valence-electron chi connectivity index (χ4n) is 3.02. The standard InChI is InChI=1S/C20H22ClNO4S/c1-15-6-9-17(10-7-15)26-20(23)16-8-11-18(21)19(14-16)27(24,25)22-12-4-2-3-5-13-22/h6-11,14H,2-5,12-13H2,1H3. The number of hydrogen-bond acceptors (Lipinski definition) is 4. The molecule has 0 amide bonds. The Hall–Kier alpha value is -1.89. The maximum atomic E-state index is 13.0. The molecular formula is C20H22ClNO4S. The molecule has 0 spiro atoms. The average molecular weight is 408 g/mol. The molecule has 144 valence electrons. The maximum absolute atomic E-state index is 13.0. The Morgan fingerprint density at radius 1 is 1.00 bits per heavy atom. The summed E-state index contributed by atoms with van der Waals surface area (Å²) in [5, 5.41) is 0.103. The minimum atomic E-state index is -3.76. The number of carbonyl (C=O) groups excluding carboxylic acids is 1. The first-order valence-electron chi connectivity index (χ1n) is 8.96. The zero-order valence-corrected chi connectivity index (χ0v) is 16.7. The van der Waals surface area contributed by atoms with Crippen LogP contribution in [0, 0.1) is 6.92 Å². The summed E-state index contributed by atoms with van der Waals surface area (Å²) >= 11 is 6.17. The monoisotopic (exact) mass is 407 g/mol. The molecule has 1 aliphatic heterocycles. The predicted molar refractivity (Wildman–Crippen MR) is 105 cm³/mol. The van der Waals surface area contributed by atoms with Gasteiger partial charge in [-0.3, -0.25) is 0 Å². The molecule has 7 heteroatoms. The molecule has 0 N–H and O–H groups in total. The van der Waals surface area contributed by atoms with Crippen molar-refractivity contribution in [1.82, 2.24) is 4.31 Å². The van der Waals surface area contributed by atoms with Gasteiger partial charge in [-0.1, -0.05) is 42.1 Å². The summed E-state index contributed by atoms with van der Waals surface area (Å²) in [7, 11) is -3.76. The number of ether oxygens (including phenoxy) is 1. The van der Waals surface area contributed by atoms with Crippen LogP contribution in [-0.2, 0) is 10.0 Å². The van der Waals surface area contributed by atoms with E-state index in [9.17, 15) is 13.2 Å². The van der Waals surface area contributed by atoms with Crippen LogP contribution >= 0.6 is 11.6 Å². The molecule has 0 aliphatic carbocycles. The fourth-order valence-corrected chi connectivity index (χ4v) is 5.04. The molecule has 0 bridgehead atoms. The van der Waals surface area contributed by atoms with E-state index in [0.717, 1.165) is 31.2 Å². The van der Waals surface area contributed by atoms with Crippen molar-refractivity contribution in [2.24, 2.45) is 0 Å². The van der Waals surface area contributed by atoms with Crippen molar-refractivity contribution in [3.8, 4) is 5.75 Å². The van der Waals surface area contributed by atoms with Crippen molar-refractivity contribution < 1.29 is 17.9 Å². The quantitative estimate of drug-likeness (QED) is 0.555. The van der Waals surface area contributed by atoms with Gasteiger partial charge in [-0.15, -0.1) is 0 Å². The number of rotatable bonds is 4. The Bertz CT molecular complexity index is 917. The van der Waals surface area contributed by atoms with E-state index in [4.69, 9.17) is 16.3 Å². The van der Waals surface area contributed by atoms with E-state index < -0.39 is 16.0 Å². The molecule has 1 saturated heterocycles. The van der Waals surface area contributed by atoms with Gasteiger partial charge in [0.1, 0.15) is 10.6 Å². The molecule has 3 rings (SSSR count). The van der Waals surface area contributed by atoms with Gasteiger partial charge in [-0.2, -0.15) is 4.31 Å². The highest BCUT2D eigenvalue weighted by Crippen LogP contribution is 2.28. The molecular weight excluding hydrogens is 386 g/mol. The Morgan fingerprint density at radius 2 is 1.63 bits per heavy atom. The molecule has 1 aliphatic rings. The van der Waals surface area contributed by atoms with E-state index >= 15 is 0 Å². The van der Waals surface area contributed by atoms with Crippen LogP contribution in [0.2, 0.25) is 5.02 Å². The highest BCUT2D eigenvalue weighted by molar-refractivity contribution is 7.89. The second kappa shape index (κ2) is 8.42. The molecule has 0 atom stereocenters. The first kappa shape index (κ1) is 19.9. The van der Waals surface area contributed by atoms with Crippen molar-refractivity contribution in [3.63, 3.8) is 0 Å². The van der Waals surface area contributed by atoms with Gasteiger partial charge in [0.25, 0.3) is 0 Å². The van der Waals surface area contributed by atoms with Crippen LogP contribution in [0.4, 0.5) is 0 Å². The number of hydrogen-bond donors (Lipinski definition) is 0. The van der Waals surface area contributed by atoms with Gasteiger partial charge >= 0.3 is 5.97 Å². The summed E-state index contributed by atoms with van der Waals surface area (Å²) in [4.78, 5) is 12.4. The number of benzene rings is 2. The van der Waals surface area contributed by atoms with Crippen molar-refractivity contribution in [2.75, 3.05) is 13.1 Å². The largest absolute Gasteiger partial charge is 0.423 e. The topological polar surface area (TPSA) is 63.7 Å². The van der Waals surface area contributed by atoms with Crippen LogP contribution in [0.5, 0.6) is 5.75 Å². The minimum absolute atomic E-state index is 0.0515. The lowest BCUT2D eigenvalue weighted by Crippen LogP contribution is -2.32. The zero-order valence-electron chi connectivity index (χ0n) is 15.2. The molecule has 0 unspecified atom stereocenters. The Labute approximate surface area is 165 Å². The van der Waals surface area contributed by atoms with E-state index in [-0.39, 0.29) is 15.5 Å². The molecule has 2 aromatic carbocycles. The molecule has 0 radical (unpaired) electrons. The van der Waals surface area contributed by atoms with Crippen molar-refractivity contribution in [2.45, 2.75) is 37.5 Å². The Balaban J connectivity index is 1.87. The number of esters is 1. The van der Waals surface area contributed by atoms with E-state index in [1.165, 1.54) is 22.5 Å². The van der Waals surface area contributed by atoms with Crippen molar-refractivity contribution >= 4 is 27.6 Å². The highest BCUT2D eigenvalue weighted by Gasteiger charge is 2.28. The van der Waals surface area contributed by atoms with E-state index in [1.54, 1.807) is 12.1 Å². The molecule has 27 heavy (non-hydrogen) atoms. The highest BCUT2D eigenvalue weighted by atomic mass is 35.5. The number of halogens is 1. The van der Waals surface area contributed by atoms with Crippen molar-refractivity contribution in [1.29, 1.82) is 0 Å². The third-order valence-corrected chi connectivity index (χ3v) is 6.96. The first-order chi connectivity index (χ1) is 12.9. The Kier molecular flexibility index (Phi) is 6.19. The van der Waals surface area contributed by atoms with E-state index in [0.29, 0.717) is 18.8 Å². The molecule has 0 aromatic heterocycles. The Morgan fingerprint density at radius 3 is 2.26 bits per heavy atom. The summed E-state index contributed by atoms with van der Waals surface area (Å²) < 4.78 is 32.8. The van der Waals surface area contributed by atoms with Crippen molar-refractivity contribution in [3.05, 3.63) is 58.6 Å². The van der Waals surface area contributed by atoms with Gasteiger partial charge in [-0.25, -0.2) is 13.2 Å². The number of sulfonamides is 1. The second-order valence-corrected chi connectivity index (χ2v) is 8.98. The number of aryl methyl sites for hydroxylation is 1. The molecule has 1 heterocycles. The second-order valence-electron chi connectivity index (χ2n) is 6.67. The number of nitrogens with zero attached hydrogens (tertiary/aromatic N) is 1. The summed E-state index contributed by atoms with van der Waals surface area (Å²) in [5.74, 6) is -0.222. The molecule has 0 saturated carbocycles. The first-order valence-corrected chi connectivity index (χ1v) is 10.8. The van der Waals surface area contributed by atoms with Crippen LogP contribution in [0.1, 0.15) is 41.6 Å². The van der Waals surface area contributed by atoms with Gasteiger partial charge in [-0.05, 0) is 50.1 Å². The summed E-state index contributed by atoms with van der Waals surface area (Å²) in [6.45, 7) is 2.87. The third kappa shape index (κ3) is 4.69. The van der Waals surface area contributed by atoms with Crippen LogP contribution in [0.3, 0.4) is 0 Å². The van der Waals surface area contributed by atoms with Crippen LogP contribution < -0.4 is 4.74 Å². The van der Waals surface area contributed by atoms with Crippen LogP contribution in [0.15, 0.2) is 47.4 Å². The minimum Gasteiger partial charge on any atom is -0.423 e. The summed E-state index contributed by atoms with van der Waals surface area (Å²) in [6.07, 6.45) is 3.68. The zero-order chi connectivity index (χ0) is 19.4. The average Bonchev–Trinajstić information content (AvgIpc) is 2.94. The lowest BCUT2D eigenvalue weighted by molar-refractivity contribution is 0.0734. The smallest absolute Gasteiger partial charge is 0.343 e. The fraction of sp³-hybridized carbons (Fsp3) is 0.350. The van der Waals surface area contributed by atoms with Gasteiger partial charge in [0, 0.05) is 13.1 Å². The molecule has 5 nitrogen and oxygen atoms in total. The summed E-state index contributed by atoms with van der Waals surface area (Å²) in [6, 6.07) is 11.3.